The van der Waals surface area contributed by atoms with E-state index < -0.39 is 0 Å². The number of rotatable bonds is 3. The number of nitrogens with zero attached hydrogens (tertiary/aromatic N) is 3. The average molecular weight is 310 g/mol. The van der Waals surface area contributed by atoms with Crippen LogP contribution in [0.25, 0.3) is 0 Å². The number of anilines is 1. The van der Waals surface area contributed by atoms with Crippen molar-refractivity contribution in [2.75, 3.05) is 5.73 Å². The zero-order chi connectivity index (χ0) is 13.1. The molecule has 6 nitrogen and oxygen atoms in total. The maximum Gasteiger partial charge on any atom is 0.251 e. The molecule has 1 heterocycles. The van der Waals surface area contributed by atoms with Crippen molar-refractivity contribution in [3.8, 4) is 0 Å². The van der Waals surface area contributed by atoms with E-state index in [9.17, 15) is 4.79 Å². The lowest BCUT2D eigenvalue weighted by atomic mass is 10.2. The number of halogens is 1. The highest BCUT2D eigenvalue weighted by molar-refractivity contribution is 9.10. The van der Waals surface area contributed by atoms with E-state index in [-0.39, 0.29) is 5.91 Å². The Labute approximate surface area is 112 Å². The van der Waals surface area contributed by atoms with E-state index in [1.807, 2.05) is 7.05 Å². The van der Waals surface area contributed by atoms with E-state index in [4.69, 9.17) is 5.73 Å². The Balaban J connectivity index is 2.04. The van der Waals surface area contributed by atoms with Crippen molar-refractivity contribution in [2.24, 2.45) is 7.05 Å². The molecule has 2 aromatic rings. The van der Waals surface area contributed by atoms with Crippen molar-refractivity contribution in [1.29, 1.82) is 0 Å². The molecule has 18 heavy (non-hydrogen) atoms. The molecular formula is C11H12BrN5O. The summed E-state index contributed by atoms with van der Waals surface area (Å²) < 4.78 is 2.45. The van der Waals surface area contributed by atoms with Gasteiger partial charge in [-0.15, -0.1) is 10.2 Å². The second-order valence-corrected chi connectivity index (χ2v) is 4.63. The number of carbonyl (C=O) groups excluding carboxylic acids is 1. The minimum absolute atomic E-state index is 0.182. The van der Waals surface area contributed by atoms with Crippen LogP contribution in [0.1, 0.15) is 16.2 Å². The number of carbonyl (C=O) groups is 1. The van der Waals surface area contributed by atoms with E-state index in [0.29, 0.717) is 28.1 Å². The van der Waals surface area contributed by atoms with Gasteiger partial charge in [-0.1, -0.05) is 0 Å². The van der Waals surface area contributed by atoms with Gasteiger partial charge >= 0.3 is 0 Å². The monoisotopic (exact) mass is 309 g/mol. The molecule has 0 saturated heterocycles. The Morgan fingerprint density at radius 2 is 2.33 bits per heavy atom. The second kappa shape index (κ2) is 5.18. The van der Waals surface area contributed by atoms with Crippen LogP contribution in [0.15, 0.2) is 29.0 Å². The smallest absolute Gasteiger partial charge is 0.251 e. The number of nitrogen functional groups attached to an aromatic ring is 1. The van der Waals surface area contributed by atoms with E-state index in [2.05, 4.69) is 31.4 Å². The average Bonchev–Trinajstić information content (AvgIpc) is 2.75. The fraction of sp³-hybridized carbons (Fsp3) is 0.182. The highest BCUT2D eigenvalue weighted by Gasteiger charge is 2.08. The fourth-order valence-electron chi connectivity index (χ4n) is 1.40. The normalized spacial score (nSPS) is 10.3. The lowest BCUT2D eigenvalue weighted by Crippen LogP contribution is -2.24. The van der Waals surface area contributed by atoms with E-state index in [1.54, 1.807) is 29.1 Å². The minimum atomic E-state index is -0.182. The number of aryl methyl sites for hydroxylation is 1. The highest BCUT2D eigenvalue weighted by atomic mass is 79.9. The Morgan fingerprint density at radius 1 is 1.56 bits per heavy atom. The topological polar surface area (TPSA) is 85.8 Å². The largest absolute Gasteiger partial charge is 0.398 e. The molecule has 0 unspecified atom stereocenters. The molecule has 0 atom stereocenters. The van der Waals surface area contributed by atoms with Gasteiger partial charge in [-0.25, -0.2) is 0 Å². The number of nitrogens with one attached hydrogen (secondary N) is 1. The molecule has 1 aromatic carbocycles. The zero-order valence-corrected chi connectivity index (χ0v) is 11.3. The van der Waals surface area contributed by atoms with E-state index >= 15 is 0 Å². The third-order valence-electron chi connectivity index (χ3n) is 2.47. The molecule has 0 aliphatic carbocycles. The summed E-state index contributed by atoms with van der Waals surface area (Å²) in [5, 5.41) is 10.4. The molecule has 0 fully saturated rings. The van der Waals surface area contributed by atoms with Crippen LogP contribution < -0.4 is 11.1 Å². The number of benzene rings is 1. The molecule has 1 aromatic heterocycles. The van der Waals surface area contributed by atoms with E-state index in [1.165, 1.54) is 0 Å². The van der Waals surface area contributed by atoms with Crippen molar-refractivity contribution >= 4 is 27.5 Å². The molecule has 7 heteroatoms. The molecule has 94 valence electrons. The molecular weight excluding hydrogens is 298 g/mol. The summed E-state index contributed by atoms with van der Waals surface area (Å²) in [4.78, 5) is 11.9. The Hall–Kier alpha value is -1.89. The lowest BCUT2D eigenvalue weighted by molar-refractivity contribution is 0.0949. The van der Waals surface area contributed by atoms with Crippen molar-refractivity contribution < 1.29 is 4.79 Å². The first-order chi connectivity index (χ1) is 8.58. The predicted molar refractivity (Wildman–Crippen MR) is 70.7 cm³/mol. The molecule has 2 rings (SSSR count). The van der Waals surface area contributed by atoms with Crippen LogP contribution in [0.5, 0.6) is 0 Å². The van der Waals surface area contributed by atoms with Gasteiger partial charge in [-0.3, -0.25) is 4.79 Å². The molecule has 0 spiro atoms. The van der Waals surface area contributed by atoms with Crippen LogP contribution in [0.2, 0.25) is 0 Å². The first-order valence-corrected chi connectivity index (χ1v) is 6.03. The summed E-state index contributed by atoms with van der Waals surface area (Å²) >= 11 is 3.28. The summed E-state index contributed by atoms with van der Waals surface area (Å²) in [5.41, 5.74) is 6.80. The quantitative estimate of drug-likeness (QED) is 0.831. The Kier molecular flexibility index (Phi) is 3.61. The van der Waals surface area contributed by atoms with Gasteiger partial charge in [0.25, 0.3) is 5.91 Å². The minimum Gasteiger partial charge on any atom is -0.398 e. The maximum atomic E-state index is 11.9. The van der Waals surface area contributed by atoms with Crippen LogP contribution in [0, 0.1) is 0 Å². The van der Waals surface area contributed by atoms with Gasteiger partial charge in [0.05, 0.1) is 6.54 Å². The van der Waals surface area contributed by atoms with Crippen LogP contribution >= 0.6 is 15.9 Å². The van der Waals surface area contributed by atoms with Gasteiger partial charge in [-0.05, 0) is 34.1 Å². The van der Waals surface area contributed by atoms with Crippen LogP contribution in [-0.4, -0.2) is 20.7 Å². The standard InChI is InChI=1S/C11H12BrN5O/c1-17-6-15-16-10(17)5-14-11(18)7-2-3-9(13)8(12)4-7/h2-4,6H,5,13H2,1H3,(H,14,18). The number of nitrogens with two attached hydrogens (primary N) is 1. The first-order valence-electron chi connectivity index (χ1n) is 5.24. The molecule has 0 saturated carbocycles. The number of amides is 1. The summed E-state index contributed by atoms with van der Waals surface area (Å²) in [6.07, 6.45) is 1.58. The lowest BCUT2D eigenvalue weighted by Gasteiger charge is -2.06. The number of hydrogen-bond donors (Lipinski definition) is 2. The van der Waals surface area contributed by atoms with E-state index in [0.717, 1.165) is 0 Å². The zero-order valence-electron chi connectivity index (χ0n) is 9.72. The number of hydrogen-bond acceptors (Lipinski definition) is 4. The molecule has 1 amide bonds. The van der Waals surface area contributed by atoms with Crippen molar-refractivity contribution in [3.05, 3.63) is 40.4 Å². The Bertz CT molecular complexity index is 581. The van der Waals surface area contributed by atoms with Crippen LogP contribution in [0.3, 0.4) is 0 Å². The summed E-state index contributed by atoms with van der Waals surface area (Å²) in [6, 6.07) is 5.04. The van der Waals surface area contributed by atoms with Crippen molar-refractivity contribution in [3.63, 3.8) is 0 Å². The highest BCUT2D eigenvalue weighted by Crippen LogP contribution is 2.20. The maximum absolute atomic E-state index is 11.9. The van der Waals surface area contributed by atoms with Crippen LogP contribution in [-0.2, 0) is 13.6 Å². The first kappa shape index (κ1) is 12.6. The SMILES string of the molecule is Cn1cnnc1CNC(=O)c1ccc(N)c(Br)c1. The third kappa shape index (κ3) is 2.67. The third-order valence-corrected chi connectivity index (χ3v) is 3.16. The summed E-state index contributed by atoms with van der Waals surface area (Å²) in [5.74, 6) is 0.511. The predicted octanol–water partition coefficient (Wildman–Crippen LogP) is 1.09. The fourth-order valence-corrected chi connectivity index (χ4v) is 1.78. The summed E-state index contributed by atoms with van der Waals surface area (Å²) in [6.45, 7) is 0.331. The van der Waals surface area contributed by atoms with Crippen molar-refractivity contribution in [2.45, 2.75) is 6.54 Å². The molecule has 0 bridgehead atoms. The van der Waals surface area contributed by atoms with Crippen LogP contribution in [0.4, 0.5) is 5.69 Å². The van der Waals surface area contributed by atoms with Crippen molar-refractivity contribution in [1.82, 2.24) is 20.1 Å². The van der Waals surface area contributed by atoms with Gasteiger partial charge < -0.3 is 15.6 Å². The van der Waals surface area contributed by atoms with Gasteiger partial charge in [-0.2, -0.15) is 0 Å². The molecule has 0 aliphatic rings. The molecule has 0 radical (unpaired) electrons. The van der Waals surface area contributed by atoms with Gasteiger partial charge in [0.1, 0.15) is 6.33 Å². The number of aromatic nitrogens is 3. The molecule has 0 aliphatic heterocycles. The Morgan fingerprint density at radius 3 is 2.94 bits per heavy atom. The second-order valence-electron chi connectivity index (χ2n) is 3.78. The van der Waals surface area contributed by atoms with Gasteiger partial charge in [0.2, 0.25) is 0 Å². The van der Waals surface area contributed by atoms with Gasteiger partial charge in [0.15, 0.2) is 5.82 Å². The van der Waals surface area contributed by atoms with Gasteiger partial charge in [0, 0.05) is 22.8 Å². The summed E-state index contributed by atoms with van der Waals surface area (Å²) in [7, 11) is 1.82. The molecule has 3 N–H and O–H groups in total.